The van der Waals surface area contributed by atoms with E-state index in [-0.39, 0.29) is 22.6 Å². The number of carbonyl (C=O) groups is 2. The summed E-state index contributed by atoms with van der Waals surface area (Å²) in [5, 5.41) is 21.0. The van der Waals surface area contributed by atoms with E-state index < -0.39 is 35.6 Å². The number of aliphatic hydroxyl groups is 1. The van der Waals surface area contributed by atoms with E-state index in [0.717, 1.165) is 23.5 Å². The summed E-state index contributed by atoms with van der Waals surface area (Å²) in [6.07, 6.45) is -4.21. The Kier molecular flexibility index (Phi) is 7.10. The van der Waals surface area contributed by atoms with Gasteiger partial charge >= 0.3 is 6.36 Å². The van der Waals surface area contributed by atoms with E-state index in [4.69, 9.17) is 4.74 Å². The molecule has 1 saturated heterocycles. The number of halogens is 3. The molecule has 1 fully saturated rings. The number of hydrogen-bond donors (Lipinski definition) is 2. The maximum atomic E-state index is 13.2. The summed E-state index contributed by atoms with van der Waals surface area (Å²) in [4.78, 5) is 27.4. The molecular weight excluding hydrogens is 491 g/mol. The summed E-state index contributed by atoms with van der Waals surface area (Å²) in [6, 6.07) is 15.3. The van der Waals surface area contributed by atoms with Crippen LogP contribution < -0.4 is 14.4 Å². The summed E-state index contributed by atoms with van der Waals surface area (Å²) >= 11 is 0. The number of carbonyl (C=O) groups excluding carboxylic acids is 2. The van der Waals surface area contributed by atoms with Gasteiger partial charge in [-0.15, -0.1) is 13.2 Å². The molecule has 0 radical (unpaired) electrons. The molecular formula is C27H22F3NO6. The van der Waals surface area contributed by atoms with Crippen molar-refractivity contribution < 1.29 is 42.4 Å². The van der Waals surface area contributed by atoms with Gasteiger partial charge in [-0.1, -0.05) is 37.3 Å². The Labute approximate surface area is 210 Å². The number of rotatable bonds is 7. The molecule has 0 aromatic heterocycles. The molecule has 37 heavy (non-hydrogen) atoms. The summed E-state index contributed by atoms with van der Waals surface area (Å²) in [5.41, 5.74) is 0.218. The number of anilines is 1. The standard InChI is InChI=1S/C27H22F3NO6/c1-2-13-36-20-7-3-5-17(14-20)24(33)22-23(16-9-11-19(32)12-10-16)31(26(35)25(22)34)18-6-4-8-21(15-18)37-27(28,29)30/h3-12,14-15,23,32-33H,2,13H2,1H3/b24-22+. The van der Waals surface area contributed by atoms with Gasteiger partial charge in [0.1, 0.15) is 23.0 Å². The van der Waals surface area contributed by atoms with Gasteiger partial charge in [0, 0.05) is 17.3 Å². The minimum Gasteiger partial charge on any atom is -0.508 e. The van der Waals surface area contributed by atoms with Gasteiger partial charge in [0.15, 0.2) is 0 Å². The van der Waals surface area contributed by atoms with Crippen LogP contribution in [0, 0.1) is 0 Å². The number of amides is 1. The minimum absolute atomic E-state index is 0.0546. The summed E-state index contributed by atoms with van der Waals surface area (Å²) in [6.45, 7) is 2.36. The molecule has 3 aromatic rings. The molecule has 4 rings (SSSR count). The minimum atomic E-state index is -4.96. The first-order chi connectivity index (χ1) is 17.6. The first-order valence-corrected chi connectivity index (χ1v) is 11.3. The lowest BCUT2D eigenvalue weighted by molar-refractivity contribution is -0.274. The number of aromatic hydroxyl groups is 1. The van der Waals surface area contributed by atoms with Crippen LogP contribution >= 0.6 is 0 Å². The number of phenolic OH excluding ortho intramolecular Hbond substituents is 1. The number of alkyl halides is 3. The summed E-state index contributed by atoms with van der Waals surface area (Å²) in [5.74, 6) is -2.79. The van der Waals surface area contributed by atoms with Gasteiger partial charge in [-0.2, -0.15) is 0 Å². The molecule has 3 aromatic carbocycles. The van der Waals surface area contributed by atoms with Crippen LogP contribution in [0.5, 0.6) is 17.2 Å². The third-order valence-corrected chi connectivity index (χ3v) is 5.56. The average Bonchev–Trinajstić information content (AvgIpc) is 3.12. The lowest BCUT2D eigenvalue weighted by Crippen LogP contribution is -2.29. The molecule has 192 valence electrons. The van der Waals surface area contributed by atoms with E-state index in [0.29, 0.717) is 17.9 Å². The highest BCUT2D eigenvalue weighted by Gasteiger charge is 2.47. The van der Waals surface area contributed by atoms with Crippen molar-refractivity contribution in [2.45, 2.75) is 25.7 Å². The highest BCUT2D eigenvalue weighted by atomic mass is 19.4. The Bertz CT molecular complexity index is 1350. The van der Waals surface area contributed by atoms with Gasteiger partial charge in [0.2, 0.25) is 0 Å². The lowest BCUT2D eigenvalue weighted by atomic mass is 9.95. The monoisotopic (exact) mass is 513 g/mol. The fraction of sp³-hybridized carbons (Fsp3) is 0.185. The Hall–Kier alpha value is -4.47. The number of benzene rings is 3. The van der Waals surface area contributed by atoms with E-state index in [2.05, 4.69) is 4.74 Å². The second kappa shape index (κ2) is 10.3. The number of hydrogen-bond acceptors (Lipinski definition) is 6. The van der Waals surface area contributed by atoms with Crippen LogP contribution in [0.4, 0.5) is 18.9 Å². The molecule has 0 spiro atoms. The van der Waals surface area contributed by atoms with Crippen LogP contribution in [0.1, 0.15) is 30.5 Å². The van der Waals surface area contributed by atoms with Crippen molar-refractivity contribution in [1.29, 1.82) is 0 Å². The van der Waals surface area contributed by atoms with E-state index in [1.165, 1.54) is 48.5 Å². The first-order valence-electron chi connectivity index (χ1n) is 11.3. The normalized spacial score (nSPS) is 17.2. The number of phenols is 1. The van der Waals surface area contributed by atoms with Crippen molar-refractivity contribution in [2.24, 2.45) is 0 Å². The zero-order chi connectivity index (χ0) is 26.7. The summed E-state index contributed by atoms with van der Waals surface area (Å²) in [7, 11) is 0. The van der Waals surface area contributed by atoms with E-state index in [9.17, 15) is 33.0 Å². The number of nitrogens with zero attached hydrogens (tertiary/aromatic N) is 1. The van der Waals surface area contributed by atoms with Gasteiger partial charge in [-0.3, -0.25) is 14.5 Å². The van der Waals surface area contributed by atoms with Gasteiger partial charge < -0.3 is 19.7 Å². The topological polar surface area (TPSA) is 96.3 Å². The van der Waals surface area contributed by atoms with Crippen LogP contribution in [0.3, 0.4) is 0 Å². The largest absolute Gasteiger partial charge is 0.573 e. The number of aliphatic hydroxyl groups excluding tert-OH is 1. The van der Waals surface area contributed by atoms with Crippen molar-refractivity contribution in [2.75, 3.05) is 11.5 Å². The summed E-state index contributed by atoms with van der Waals surface area (Å²) < 4.78 is 48.0. The first kappa shape index (κ1) is 25.6. The predicted molar refractivity (Wildman–Crippen MR) is 128 cm³/mol. The average molecular weight is 513 g/mol. The number of Topliss-reactive ketones (excluding diaryl/α,β-unsaturated/α-hetero) is 1. The van der Waals surface area contributed by atoms with E-state index in [1.54, 1.807) is 12.1 Å². The number of ketones is 1. The van der Waals surface area contributed by atoms with Crippen molar-refractivity contribution in [3.05, 3.63) is 89.5 Å². The molecule has 7 nitrogen and oxygen atoms in total. The molecule has 1 unspecified atom stereocenters. The SMILES string of the molecule is CCCOc1cccc(/C(O)=C2\C(=O)C(=O)N(c3cccc(OC(F)(F)F)c3)C2c2ccc(O)cc2)c1. The van der Waals surface area contributed by atoms with Crippen molar-refractivity contribution in [3.8, 4) is 17.2 Å². The number of ether oxygens (including phenoxy) is 2. The van der Waals surface area contributed by atoms with Crippen molar-refractivity contribution in [1.82, 2.24) is 0 Å². The Morgan fingerprint density at radius 2 is 1.65 bits per heavy atom. The molecule has 0 bridgehead atoms. The lowest BCUT2D eigenvalue weighted by Gasteiger charge is -2.26. The molecule has 1 amide bonds. The van der Waals surface area contributed by atoms with Gasteiger partial charge in [-0.05, 0) is 48.4 Å². The van der Waals surface area contributed by atoms with E-state index >= 15 is 0 Å². The molecule has 1 aliphatic heterocycles. The van der Waals surface area contributed by atoms with Gasteiger partial charge in [0.05, 0.1) is 18.2 Å². The van der Waals surface area contributed by atoms with Gasteiger partial charge in [0.25, 0.3) is 11.7 Å². The molecule has 10 heteroatoms. The van der Waals surface area contributed by atoms with Crippen LogP contribution in [-0.2, 0) is 9.59 Å². The fourth-order valence-electron chi connectivity index (χ4n) is 4.01. The van der Waals surface area contributed by atoms with Crippen LogP contribution in [0.25, 0.3) is 5.76 Å². The second-order valence-electron chi connectivity index (χ2n) is 8.18. The Morgan fingerprint density at radius 3 is 2.32 bits per heavy atom. The predicted octanol–water partition coefficient (Wildman–Crippen LogP) is 5.71. The quantitative estimate of drug-likeness (QED) is 0.239. The highest BCUT2D eigenvalue weighted by Crippen LogP contribution is 2.43. The fourth-order valence-corrected chi connectivity index (χ4v) is 4.01. The molecule has 0 saturated carbocycles. The molecule has 2 N–H and O–H groups in total. The van der Waals surface area contributed by atoms with E-state index in [1.807, 2.05) is 6.92 Å². The van der Waals surface area contributed by atoms with Gasteiger partial charge in [-0.25, -0.2) is 0 Å². The maximum Gasteiger partial charge on any atom is 0.573 e. The molecule has 1 heterocycles. The Morgan fingerprint density at radius 1 is 0.973 bits per heavy atom. The molecule has 0 aliphatic carbocycles. The zero-order valence-electron chi connectivity index (χ0n) is 19.5. The van der Waals surface area contributed by atoms with Crippen molar-refractivity contribution in [3.63, 3.8) is 0 Å². The zero-order valence-corrected chi connectivity index (χ0v) is 19.5. The smallest absolute Gasteiger partial charge is 0.508 e. The van der Waals surface area contributed by atoms with Crippen molar-refractivity contribution >= 4 is 23.1 Å². The Balaban J connectivity index is 1.86. The molecule has 1 aliphatic rings. The molecule has 1 atom stereocenters. The highest BCUT2D eigenvalue weighted by molar-refractivity contribution is 6.51. The van der Waals surface area contributed by atoms with Crippen LogP contribution in [0.15, 0.2) is 78.4 Å². The van der Waals surface area contributed by atoms with Crippen LogP contribution in [-0.4, -0.2) is 34.9 Å². The third kappa shape index (κ3) is 5.53. The van der Waals surface area contributed by atoms with Crippen LogP contribution in [0.2, 0.25) is 0 Å². The second-order valence-corrected chi connectivity index (χ2v) is 8.18. The third-order valence-electron chi connectivity index (χ3n) is 5.56. The maximum absolute atomic E-state index is 13.2.